The van der Waals surface area contributed by atoms with Crippen molar-refractivity contribution < 1.29 is 4.79 Å². The van der Waals surface area contributed by atoms with Crippen LogP contribution in [0.15, 0.2) is 12.3 Å². The molecule has 1 N–H and O–H groups in total. The van der Waals surface area contributed by atoms with Crippen molar-refractivity contribution in [3.05, 3.63) is 23.5 Å². The summed E-state index contributed by atoms with van der Waals surface area (Å²) in [5.41, 5.74) is 1.71. The molecule has 12 heavy (non-hydrogen) atoms. The zero-order chi connectivity index (χ0) is 8.97. The van der Waals surface area contributed by atoms with Crippen LogP contribution < -0.4 is 0 Å². The Labute approximate surface area is 77.8 Å². The zero-order valence-electron chi connectivity index (χ0n) is 7.09. The molecule has 2 nitrogen and oxygen atoms in total. The highest BCUT2D eigenvalue weighted by Gasteiger charge is 1.97. The summed E-state index contributed by atoms with van der Waals surface area (Å²) in [5, 5.41) is -0.283. The van der Waals surface area contributed by atoms with Crippen molar-refractivity contribution in [3.8, 4) is 0 Å². The summed E-state index contributed by atoms with van der Waals surface area (Å²) < 4.78 is 0. The van der Waals surface area contributed by atoms with Crippen LogP contribution in [-0.2, 0) is 19.0 Å². The van der Waals surface area contributed by atoms with Gasteiger partial charge in [-0.15, -0.1) is 0 Å². The molecule has 0 spiro atoms. The van der Waals surface area contributed by atoms with Crippen molar-refractivity contribution in [2.45, 2.75) is 26.2 Å². The second kappa shape index (κ2) is 4.26. The maximum Gasteiger partial charge on any atom is 0.0437 e. The number of rotatable bonds is 4. The van der Waals surface area contributed by atoms with E-state index >= 15 is 0 Å². The van der Waals surface area contributed by atoms with Gasteiger partial charge in [-0.2, -0.15) is 0 Å². The Kier molecular flexibility index (Phi) is 3.29. The van der Waals surface area contributed by atoms with Crippen LogP contribution in [0.4, 0.5) is 0 Å². The van der Waals surface area contributed by atoms with E-state index in [1.165, 1.54) is 0 Å². The molecule has 3 heteroatoms. The first kappa shape index (κ1) is 9.26. The fraction of sp³-hybridized carbons (Fsp3) is 0.444. The first-order chi connectivity index (χ1) is 5.74. The van der Waals surface area contributed by atoms with Crippen LogP contribution in [0, 0.1) is 0 Å². The lowest BCUT2D eigenvalue weighted by atomic mass is 10.2. The topological polar surface area (TPSA) is 32.9 Å². The Morgan fingerprint density at radius 2 is 2.42 bits per heavy atom. The average Bonchev–Trinajstić information content (AvgIpc) is 2.48. The number of carbonyl (C=O) groups is 1. The van der Waals surface area contributed by atoms with Gasteiger partial charge in [0.15, 0.2) is 0 Å². The van der Waals surface area contributed by atoms with Gasteiger partial charge in [0, 0.05) is 22.6 Å². The van der Waals surface area contributed by atoms with Gasteiger partial charge in [0.1, 0.15) is 0 Å². The van der Waals surface area contributed by atoms with Crippen molar-refractivity contribution >= 4 is 17.7 Å². The molecule has 0 unspecified atom stereocenters. The molecular weight excluding hydrogens is 170 g/mol. The van der Waals surface area contributed by atoms with Crippen LogP contribution in [0.1, 0.15) is 35.8 Å². The summed E-state index contributed by atoms with van der Waals surface area (Å²) in [6, 6.07) is 1.84. The fourth-order valence-corrected chi connectivity index (χ4v) is 1.19. The Morgan fingerprint density at radius 3 is 2.92 bits per heavy atom. The quantitative estimate of drug-likeness (QED) is 0.723. The van der Waals surface area contributed by atoms with Crippen LogP contribution >= 0.6 is 0 Å². The molecule has 0 fully saturated rings. The Balaban J connectivity index is 2.58. The summed E-state index contributed by atoms with van der Waals surface area (Å²) >= 11 is 4.51. The van der Waals surface area contributed by atoms with Crippen molar-refractivity contribution in [1.82, 2.24) is 4.98 Å². The number of carbonyl (C=O) groups excluding carboxylic acids is 1. The predicted molar refractivity (Wildman–Crippen MR) is 51.1 cm³/mol. The summed E-state index contributed by atoms with van der Waals surface area (Å²) in [5.74, 6) is 0. The van der Waals surface area contributed by atoms with Crippen molar-refractivity contribution in [1.29, 1.82) is 0 Å². The van der Waals surface area contributed by atoms with Crippen LogP contribution in [0.5, 0.6) is 0 Å². The number of aromatic nitrogens is 1. The Morgan fingerprint density at radius 1 is 1.67 bits per heavy atom. The molecule has 0 radical (unpaired) electrons. The van der Waals surface area contributed by atoms with Crippen LogP contribution in [0.3, 0.4) is 0 Å². The molecule has 0 aliphatic carbocycles. The second-order valence-electron chi connectivity index (χ2n) is 2.80. The number of H-pyrrole nitrogens is 1. The van der Waals surface area contributed by atoms with Crippen molar-refractivity contribution in [2.75, 3.05) is 0 Å². The number of hydrogen-bond donors (Lipinski definition) is 1. The first-order valence-corrected chi connectivity index (χ1v) is 4.53. The van der Waals surface area contributed by atoms with E-state index in [1.807, 2.05) is 6.07 Å². The lowest BCUT2D eigenvalue weighted by molar-refractivity contribution is 0.109. The largest absolute Gasteiger partial charge is 0.737 e. The first-order valence-electron chi connectivity index (χ1n) is 4.12. The molecule has 1 rings (SSSR count). The van der Waals surface area contributed by atoms with Crippen molar-refractivity contribution in [2.24, 2.45) is 0 Å². The zero-order valence-corrected chi connectivity index (χ0v) is 7.91. The molecule has 66 valence electrons. The SMILES string of the molecule is CCCCc1cc(C(=O)[S-])c[nH]1. The minimum atomic E-state index is -0.283. The Bertz CT molecular complexity index is 267. The molecular formula is C9H12NOS-. The van der Waals surface area contributed by atoms with Gasteiger partial charge in [-0.1, -0.05) is 13.3 Å². The van der Waals surface area contributed by atoms with Crippen LogP contribution in [0.2, 0.25) is 0 Å². The number of aryl methyl sites for hydroxylation is 1. The second-order valence-corrected chi connectivity index (χ2v) is 3.18. The summed E-state index contributed by atoms with van der Waals surface area (Å²) in [6.45, 7) is 2.14. The number of aromatic amines is 1. The molecule has 1 heterocycles. The monoisotopic (exact) mass is 182 g/mol. The van der Waals surface area contributed by atoms with E-state index in [0.29, 0.717) is 5.56 Å². The molecule has 0 aliphatic rings. The van der Waals surface area contributed by atoms with Crippen LogP contribution in [-0.4, -0.2) is 10.1 Å². The van der Waals surface area contributed by atoms with Gasteiger partial charge >= 0.3 is 0 Å². The number of nitrogens with one attached hydrogen (secondary N) is 1. The fourth-order valence-electron chi connectivity index (χ4n) is 1.07. The van der Waals surface area contributed by atoms with Gasteiger partial charge in [-0.3, -0.25) is 0 Å². The lowest BCUT2D eigenvalue weighted by Crippen LogP contribution is -1.88. The number of hydrogen-bond acceptors (Lipinski definition) is 2. The molecule has 1 aromatic rings. The lowest BCUT2D eigenvalue weighted by Gasteiger charge is -1.96. The molecule has 0 saturated heterocycles. The average molecular weight is 182 g/mol. The third-order valence-corrected chi connectivity index (χ3v) is 2.01. The summed E-state index contributed by atoms with van der Waals surface area (Å²) in [6.07, 6.45) is 4.99. The van der Waals surface area contributed by atoms with Gasteiger partial charge < -0.3 is 22.4 Å². The molecule has 0 aromatic carbocycles. The maximum absolute atomic E-state index is 10.7. The minimum absolute atomic E-state index is 0.283. The molecule has 0 amide bonds. The molecule has 0 atom stereocenters. The van der Waals surface area contributed by atoms with Gasteiger partial charge in [-0.05, 0) is 18.9 Å². The minimum Gasteiger partial charge on any atom is -0.737 e. The van der Waals surface area contributed by atoms with Crippen molar-refractivity contribution in [3.63, 3.8) is 0 Å². The smallest absolute Gasteiger partial charge is 0.0437 e. The molecule has 1 aromatic heterocycles. The third kappa shape index (κ3) is 2.34. The summed E-state index contributed by atoms with van der Waals surface area (Å²) in [4.78, 5) is 13.8. The van der Waals surface area contributed by atoms with Gasteiger partial charge in [0.25, 0.3) is 0 Å². The maximum atomic E-state index is 10.7. The van der Waals surface area contributed by atoms with E-state index < -0.39 is 0 Å². The number of unbranched alkanes of at least 4 members (excludes halogenated alkanes) is 1. The summed E-state index contributed by atoms with van der Waals surface area (Å²) in [7, 11) is 0. The highest BCUT2D eigenvalue weighted by atomic mass is 32.1. The van der Waals surface area contributed by atoms with E-state index in [9.17, 15) is 4.79 Å². The van der Waals surface area contributed by atoms with Gasteiger partial charge in [-0.25, -0.2) is 0 Å². The molecule has 0 bridgehead atoms. The highest BCUT2D eigenvalue weighted by Crippen LogP contribution is 2.06. The van der Waals surface area contributed by atoms with E-state index in [4.69, 9.17) is 0 Å². The highest BCUT2D eigenvalue weighted by molar-refractivity contribution is 7.77. The van der Waals surface area contributed by atoms with Gasteiger partial charge in [0.2, 0.25) is 0 Å². The van der Waals surface area contributed by atoms with E-state index in [-0.39, 0.29) is 5.12 Å². The van der Waals surface area contributed by atoms with Gasteiger partial charge in [0.05, 0.1) is 0 Å². The van der Waals surface area contributed by atoms with Crippen LogP contribution in [0.25, 0.3) is 0 Å². The predicted octanol–water partition coefficient (Wildman–Crippen LogP) is 2.04. The normalized spacial score (nSPS) is 10.1. The third-order valence-electron chi connectivity index (χ3n) is 1.78. The Hall–Kier alpha value is -0.830. The molecule has 0 aliphatic heterocycles. The standard InChI is InChI=1S/C9H13NOS/c1-2-3-4-8-5-7(6-10-8)9(11)12/h5-6,10H,2-4H2,1H3,(H,11,12)/p-1. The van der Waals surface area contributed by atoms with E-state index in [2.05, 4.69) is 24.5 Å². The van der Waals surface area contributed by atoms with E-state index in [0.717, 1.165) is 25.0 Å². The van der Waals surface area contributed by atoms with E-state index in [1.54, 1.807) is 6.20 Å². The molecule has 0 saturated carbocycles.